The normalized spacial score (nSPS) is 16.8. The minimum Gasteiger partial charge on any atom is -0.481 e. The Bertz CT molecular complexity index is 200. The number of hydrogen-bond donors (Lipinski definition) is 2. The fraction of sp³-hybridized carbons (Fsp3) is 0.875. The summed E-state index contributed by atoms with van der Waals surface area (Å²) in [5.74, 6) is -3.62. The predicted octanol–water partition coefficient (Wildman–Crippen LogP) is 1.66. The van der Waals surface area contributed by atoms with Gasteiger partial charge in [-0.15, -0.1) is 0 Å². The van der Waals surface area contributed by atoms with Gasteiger partial charge in [0.1, 0.15) is 0 Å². The lowest BCUT2D eigenvalue weighted by Gasteiger charge is -2.22. The third-order valence-electron chi connectivity index (χ3n) is 1.76. The Hall–Kier alpha value is -0.780. The third kappa shape index (κ3) is 3.95. The van der Waals surface area contributed by atoms with Gasteiger partial charge in [-0.1, -0.05) is 13.8 Å². The second-order valence-electron chi connectivity index (χ2n) is 3.56. The predicted molar refractivity (Wildman–Crippen MR) is 42.6 cm³/mol. The van der Waals surface area contributed by atoms with Crippen LogP contribution in [0.2, 0.25) is 0 Å². The minimum absolute atomic E-state index is 0.198. The highest BCUT2D eigenvalue weighted by molar-refractivity contribution is 5.70. The molecule has 0 aliphatic heterocycles. The number of aliphatic hydroxyl groups is 1. The number of alkyl halides is 3. The van der Waals surface area contributed by atoms with E-state index >= 15 is 0 Å². The summed E-state index contributed by atoms with van der Waals surface area (Å²) in [6.07, 6.45) is -7.86. The molecule has 14 heavy (non-hydrogen) atoms. The fourth-order valence-corrected chi connectivity index (χ4v) is 1.10. The van der Waals surface area contributed by atoms with Gasteiger partial charge in [0.15, 0.2) is 6.10 Å². The van der Waals surface area contributed by atoms with E-state index in [0.717, 1.165) is 0 Å². The van der Waals surface area contributed by atoms with Gasteiger partial charge >= 0.3 is 12.1 Å². The summed E-state index contributed by atoms with van der Waals surface area (Å²) < 4.78 is 36.0. The number of carboxylic acids is 1. The summed E-state index contributed by atoms with van der Waals surface area (Å²) in [6, 6.07) is 0. The standard InChI is InChI=1S/C8H13F3O3/c1-4(2)3-5(7(13)14)6(12)8(9,10)11/h4-6,12H,3H2,1-2H3,(H,13,14)/t5-,6-/m1/s1. The van der Waals surface area contributed by atoms with Crippen molar-refractivity contribution >= 4 is 5.97 Å². The van der Waals surface area contributed by atoms with Gasteiger partial charge in [-0.05, 0) is 12.3 Å². The van der Waals surface area contributed by atoms with E-state index in [1.54, 1.807) is 13.8 Å². The summed E-state index contributed by atoms with van der Waals surface area (Å²) in [4.78, 5) is 10.5. The zero-order chi connectivity index (χ0) is 11.5. The summed E-state index contributed by atoms with van der Waals surface area (Å²) >= 11 is 0. The highest BCUT2D eigenvalue weighted by Gasteiger charge is 2.46. The molecule has 0 saturated heterocycles. The van der Waals surface area contributed by atoms with Crippen LogP contribution in [-0.4, -0.2) is 28.5 Å². The van der Waals surface area contributed by atoms with Gasteiger partial charge < -0.3 is 10.2 Å². The van der Waals surface area contributed by atoms with Gasteiger partial charge in [-0.25, -0.2) is 0 Å². The lowest BCUT2D eigenvalue weighted by atomic mass is 9.92. The molecular weight excluding hydrogens is 201 g/mol. The number of halogens is 3. The molecule has 0 saturated carbocycles. The Morgan fingerprint density at radius 3 is 2.00 bits per heavy atom. The summed E-state index contributed by atoms with van der Waals surface area (Å²) in [6.45, 7) is 3.19. The van der Waals surface area contributed by atoms with Crippen molar-refractivity contribution in [1.82, 2.24) is 0 Å². The van der Waals surface area contributed by atoms with Crippen LogP contribution in [-0.2, 0) is 4.79 Å². The van der Waals surface area contributed by atoms with E-state index in [1.807, 2.05) is 0 Å². The maximum Gasteiger partial charge on any atom is 0.415 e. The molecule has 0 bridgehead atoms. The minimum atomic E-state index is -4.88. The molecule has 0 unspecified atom stereocenters. The first-order chi connectivity index (χ1) is 6.16. The second-order valence-corrected chi connectivity index (χ2v) is 3.56. The number of aliphatic hydroxyl groups excluding tert-OH is 1. The van der Waals surface area contributed by atoms with E-state index < -0.39 is 24.2 Å². The van der Waals surface area contributed by atoms with E-state index in [1.165, 1.54) is 0 Å². The Morgan fingerprint density at radius 1 is 1.36 bits per heavy atom. The molecule has 3 nitrogen and oxygen atoms in total. The van der Waals surface area contributed by atoms with Gasteiger partial charge in [0.25, 0.3) is 0 Å². The number of carbonyl (C=O) groups is 1. The molecular formula is C8H13F3O3. The largest absolute Gasteiger partial charge is 0.481 e. The quantitative estimate of drug-likeness (QED) is 0.748. The van der Waals surface area contributed by atoms with Crippen molar-refractivity contribution in [1.29, 1.82) is 0 Å². The van der Waals surface area contributed by atoms with E-state index in [0.29, 0.717) is 0 Å². The average molecular weight is 214 g/mol. The van der Waals surface area contributed by atoms with Crippen molar-refractivity contribution in [2.75, 3.05) is 0 Å². The summed E-state index contributed by atoms with van der Waals surface area (Å²) in [7, 11) is 0. The van der Waals surface area contributed by atoms with Crippen molar-refractivity contribution in [3.05, 3.63) is 0 Å². The lowest BCUT2D eigenvalue weighted by molar-refractivity contribution is -0.224. The third-order valence-corrected chi connectivity index (χ3v) is 1.76. The molecule has 0 aromatic rings. The van der Waals surface area contributed by atoms with Crippen LogP contribution in [0.4, 0.5) is 13.2 Å². The van der Waals surface area contributed by atoms with Gasteiger partial charge in [0.05, 0.1) is 5.92 Å². The molecule has 0 aromatic heterocycles. The monoisotopic (exact) mass is 214 g/mol. The molecule has 0 aliphatic rings. The molecule has 2 N–H and O–H groups in total. The SMILES string of the molecule is CC(C)C[C@@H](C(=O)O)[C@@H](O)C(F)(F)F. The average Bonchev–Trinajstić information content (AvgIpc) is 1.96. The molecule has 0 heterocycles. The van der Waals surface area contributed by atoms with Gasteiger partial charge in [0, 0.05) is 0 Å². The molecule has 2 atom stereocenters. The maximum atomic E-state index is 12.0. The molecule has 0 aliphatic carbocycles. The van der Waals surface area contributed by atoms with Gasteiger partial charge in [0.2, 0.25) is 0 Å². The molecule has 0 aromatic carbocycles. The number of rotatable bonds is 4. The Balaban J connectivity index is 4.58. The van der Waals surface area contributed by atoms with Crippen LogP contribution in [0.5, 0.6) is 0 Å². The van der Waals surface area contributed by atoms with Crippen molar-refractivity contribution in [3.63, 3.8) is 0 Å². The second kappa shape index (κ2) is 4.63. The van der Waals surface area contributed by atoms with Crippen LogP contribution in [0.3, 0.4) is 0 Å². The highest BCUT2D eigenvalue weighted by atomic mass is 19.4. The topological polar surface area (TPSA) is 57.5 Å². The van der Waals surface area contributed by atoms with Crippen LogP contribution >= 0.6 is 0 Å². The van der Waals surface area contributed by atoms with E-state index in [2.05, 4.69) is 0 Å². The van der Waals surface area contributed by atoms with Crippen LogP contribution in [0, 0.1) is 11.8 Å². The van der Waals surface area contributed by atoms with Crippen molar-refractivity contribution in [3.8, 4) is 0 Å². The summed E-state index contributed by atoms with van der Waals surface area (Å²) in [5.41, 5.74) is 0. The number of aliphatic carboxylic acids is 1. The molecule has 0 rings (SSSR count). The van der Waals surface area contributed by atoms with Crippen molar-refractivity contribution < 1.29 is 28.2 Å². The first-order valence-corrected chi connectivity index (χ1v) is 4.13. The fourth-order valence-electron chi connectivity index (χ4n) is 1.10. The molecule has 6 heteroatoms. The molecule has 0 fully saturated rings. The number of hydrogen-bond acceptors (Lipinski definition) is 2. The smallest absolute Gasteiger partial charge is 0.415 e. The summed E-state index contributed by atoms with van der Waals surface area (Å²) in [5, 5.41) is 17.3. The first-order valence-electron chi connectivity index (χ1n) is 4.13. The van der Waals surface area contributed by atoms with Crippen LogP contribution in [0.25, 0.3) is 0 Å². The molecule has 84 valence electrons. The van der Waals surface area contributed by atoms with Crippen LogP contribution < -0.4 is 0 Å². The molecule has 0 radical (unpaired) electrons. The lowest BCUT2D eigenvalue weighted by Crippen LogP contribution is -2.40. The van der Waals surface area contributed by atoms with Crippen LogP contribution in [0.15, 0.2) is 0 Å². The Labute approximate surface area is 79.5 Å². The van der Waals surface area contributed by atoms with Crippen LogP contribution in [0.1, 0.15) is 20.3 Å². The Morgan fingerprint density at radius 2 is 1.79 bits per heavy atom. The highest BCUT2D eigenvalue weighted by Crippen LogP contribution is 2.29. The zero-order valence-corrected chi connectivity index (χ0v) is 7.88. The molecule has 0 amide bonds. The molecule has 0 spiro atoms. The zero-order valence-electron chi connectivity index (χ0n) is 7.88. The Kier molecular flexibility index (Phi) is 4.38. The van der Waals surface area contributed by atoms with Gasteiger partial charge in [-0.3, -0.25) is 4.79 Å². The van der Waals surface area contributed by atoms with Crippen molar-refractivity contribution in [2.45, 2.75) is 32.5 Å². The first kappa shape index (κ1) is 13.2. The number of carboxylic acid groups (broad SMARTS) is 1. The van der Waals surface area contributed by atoms with E-state index in [9.17, 15) is 18.0 Å². The van der Waals surface area contributed by atoms with E-state index in [4.69, 9.17) is 10.2 Å². The van der Waals surface area contributed by atoms with Gasteiger partial charge in [-0.2, -0.15) is 13.2 Å². The van der Waals surface area contributed by atoms with E-state index in [-0.39, 0.29) is 12.3 Å². The maximum absolute atomic E-state index is 12.0. The van der Waals surface area contributed by atoms with Crippen molar-refractivity contribution in [2.24, 2.45) is 11.8 Å².